The monoisotopic (exact) mass is 470 g/mol. The minimum absolute atomic E-state index is 0.00969. The molecule has 0 saturated carbocycles. The third-order valence-electron chi connectivity index (χ3n) is 6.55. The Bertz CT molecular complexity index is 1130. The molecule has 0 bridgehead atoms. The van der Waals surface area contributed by atoms with Crippen LogP contribution in [0.3, 0.4) is 0 Å². The van der Waals surface area contributed by atoms with E-state index in [0.717, 1.165) is 35.2 Å². The lowest BCUT2D eigenvalue weighted by Gasteiger charge is -2.28. The molecule has 1 aliphatic heterocycles. The van der Waals surface area contributed by atoms with Crippen LogP contribution in [0.2, 0.25) is 0 Å². The number of para-hydroxylation sites is 1. The third-order valence-corrected chi connectivity index (χ3v) is 6.55. The molecule has 0 saturated heterocycles. The van der Waals surface area contributed by atoms with Gasteiger partial charge in [0.05, 0.1) is 19.2 Å². The quantitative estimate of drug-likeness (QED) is 0.447. The molecule has 0 aliphatic carbocycles. The largest absolute Gasteiger partial charge is 0.465 e. The molecule has 1 heterocycles. The lowest BCUT2D eigenvalue weighted by Crippen LogP contribution is -2.52. The number of aryl methyl sites for hydroxylation is 3. The van der Waals surface area contributed by atoms with Crippen molar-refractivity contribution in [3.05, 3.63) is 101 Å². The molecule has 0 radical (unpaired) electrons. The predicted octanol–water partition coefficient (Wildman–Crippen LogP) is 5.00. The number of rotatable bonds is 9. The number of nitrogens with zero attached hydrogens (tertiary/aromatic N) is 1. The van der Waals surface area contributed by atoms with E-state index in [2.05, 4.69) is 54.7 Å². The van der Waals surface area contributed by atoms with Crippen LogP contribution in [0.15, 0.2) is 78.9 Å². The summed E-state index contributed by atoms with van der Waals surface area (Å²) < 4.78 is 5.37. The zero-order valence-corrected chi connectivity index (χ0v) is 20.6. The van der Waals surface area contributed by atoms with E-state index in [4.69, 9.17) is 4.74 Å². The first kappa shape index (κ1) is 24.7. The van der Waals surface area contributed by atoms with Crippen molar-refractivity contribution in [1.82, 2.24) is 5.32 Å². The van der Waals surface area contributed by atoms with Crippen molar-refractivity contribution in [2.24, 2.45) is 0 Å². The van der Waals surface area contributed by atoms with Crippen LogP contribution >= 0.6 is 0 Å². The number of fused-ring (bicyclic) bond motifs is 1. The summed E-state index contributed by atoms with van der Waals surface area (Å²) in [5, 5.41) is 3.39. The van der Waals surface area contributed by atoms with E-state index in [0.29, 0.717) is 26.0 Å². The molecule has 1 amide bonds. The molecular weight excluding hydrogens is 436 g/mol. The number of hydrogen-bond donors (Lipinski definition) is 1. The number of anilines is 1. The van der Waals surface area contributed by atoms with Crippen molar-refractivity contribution in [1.29, 1.82) is 0 Å². The second-order valence-electron chi connectivity index (χ2n) is 9.13. The zero-order valence-electron chi connectivity index (χ0n) is 20.6. The van der Waals surface area contributed by atoms with Crippen LogP contribution in [0, 0.1) is 6.92 Å². The highest BCUT2D eigenvalue weighted by molar-refractivity contribution is 5.99. The maximum absolute atomic E-state index is 13.9. The maximum Gasteiger partial charge on any atom is 0.323 e. The summed E-state index contributed by atoms with van der Waals surface area (Å²) in [6.07, 6.45) is 2.68. The number of esters is 1. The number of nitrogens with one attached hydrogen (secondary N) is 1. The van der Waals surface area contributed by atoms with Gasteiger partial charge in [-0.3, -0.25) is 14.9 Å². The molecule has 0 spiro atoms. The minimum atomic E-state index is -0.549. The van der Waals surface area contributed by atoms with E-state index >= 15 is 0 Å². The van der Waals surface area contributed by atoms with Gasteiger partial charge in [0.25, 0.3) is 0 Å². The molecule has 1 N–H and O–H groups in total. The summed E-state index contributed by atoms with van der Waals surface area (Å²) in [6, 6.07) is 25.4. The van der Waals surface area contributed by atoms with Gasteiger partial charge in [0.15, 0.2) is 0 Å². The Morgan fingerprint density at radius 1 is 1.00 bits per heavy atom. The van der Waals surface area contributed by atoms with E-state index in [9.17, 15) is 9.59 Å². The molecule has 0 unspecified atom stereocenters. The van der Waals surface area contributed by atoms with Crippen molar-refractivity contribution in [2.75, 3.05) is 11.5 Å². The summed E-state index contributed by atoms with van der Waals surface area (Å²) in [5.74, 6) is -0.312. The Kier molecular flexibility index (Phi) is 8.32. The standard InChI is InChI=1S/C30H34N2O3/c1-3-35-30(34)27(19-17-23-9-5-4-6-10-23)31-26-20-18-25-11-7-8-12-28(25)32(29(26)33)21-24-15-13-22(2)14-16-24/h4-16,26-27,31H,3,17-21H2,1-2H3/t26-,27-/m0/s1. The van der Waals surface area contributed by atoms with Crippen molar-refractivity contribution in [3.8, 4) is 0 Å². The Hall–Kier alpha value is -3.44. The average Bonchev–Trinajstić information content (AvgIpc) is 3.00. The van der Waals surface area contributed by atoms with Crippen molar-refractivity contribution in [2.45, 2.75) is 58.2 Å². The molecule has 1 aliphatic rings. The molecule has 0 aromatic heterocycles. The average molecular weight is 471 g/mol. The van der Waals surface area contributed by atoms with Gasteiger partial charge in [-0.05, 0) is 62.3 Å². The zero-order chi connectivity index (χ0) is 24.6. The molecule has 35 heavy (non-hydrogen) atoms. The molecule has 3 aromatic carbocycles. The molecule has 182 valence electrons. The van der Waals surface area contributed by atoms with Crippen LogP contribution in [-0.2, 0) is 33.7 Å². The summed E-state index contributed by atoms with van der Waals surface area (Å²) in [7, 11) is 0. The number of amides is 1. The van der Waals surface area contributed by atoms with Crippen LogP contribution in [0.5, 0.6) is 0 Å². The van der Waals surface area contributed by atoms with Crippen molar-refractivity contribution in [3.63, 3.8) is 0 Å². The lowest BCUT2D eigenvalue weighted by atomic mass is 10.0. The highest BCUT2D eigenvalue weighted by Crippen LogP contribution is 2.29. The van der Waals surface area contributed by atoms with E-state index in [1.165, 1.54) is 5.56 Å². The van der Waals surface area contributed by atoms with Crippen LogP contribution in [0.1, 0.15) is 42.0 Å². The van der Waals surface area contributed by atoms with E-state index in [1.807, 2.05) is 48.2 Å². The normalized spacial score (nSPS) is 16.3. The topological polar surface area (TPSA) is 58.6 Å². The number of hydrogen-bond acceptors (Lipinski definition) is 4. The minimum Gasteiger partial charge on any atom is -0.465 e. The number of ether oxygens (including phenoxy) is 1. The Balaban J connectivity index is 1.56. The van der Waals surface area contributed by atoms with Gasteiger partial charge < -0.3 is 9.64 Å². The first-order chi connectivity index (χ1) is 17.0. The molecule has 0 fully saturated rings. The number of carbonyl (C=O) groups is 2. The van der Waals surface area contributed by atoms with Crippen LogP contribution < -0.4 is 10.2 Å². The highest BCUT2D eigenvalue weighted by Gasteiger charge is 2.33. The molecular formula is C30H34N2O3. The Morgan fingerprint density at radius 3 is 2.46 bits per heavy atom. The third kappa shape index (κ3) is 6.37. The fourth-order valence-corrected chi connectivity index (χ4v) is 4.62. The van der Waals surface area contributed by atoms with Crippen LogP contribution in [0.25, 0.3) is 0 Å². The fourth-order valence-electron chi connectivity index (χ4n) is 4.62. The fraction of sp³-hybridized carbons (Fsp3) is 0.333. The SMILES string of the molecule is CCOC(=O)[C@H](CCc1ccccc1)N[C@H]1CCc2ccccc2N(Cc2ccc(C)cc2)C1=O. The molecule has 4 rings (SSSR count). The highest BCUT2D eigenvalue weighted by atomic mass is 16.5. The lowest BCUT2D eigenvalue weighted by molar-refractivity contribution is -0.146. The van der Waals surface area contributed by atoms with Crippen molar-refractivity contribution >= 4 is 17.6 Å². The van der Waals surface area contributed by atoms with Gasteiger partial charge in [-0.2, -0.15) is 0 Å². The van der Waals surface area contributed by atoms with E-state index in [1.54, 1.807) is 0 Å². The van der Waals surface area contributed by atoms with Crippen molar-refractivity contribution < 1.29 is 14.3 Å². The summed E-state index contributed by atoms with van der Waals surface area (Å²) in [4.78, 5) is 28.6. The van der Waals surface area contributed by atoms with Gasteiger partial charge in [-0.25, -0.2) is 0 Å². The molecule has 2 atom stereocenters. The summed E-state index contributed by atoms with van der Waals surface area (Å²) in [5.41, 5.74) is 5.51. The smallest absolute Gasteiger partial charge is 0.323 e. The van der Waals surface area contributed by atoms with Gasteiger partial charge in [0, 0.05) is 5.69 Å². The second-order valence-corrected chi connectivity index (χ2v) is 9.13. The number of benzene rings is 3. The molecule has 3 aromatic rings. The van der Waals surface area contributed by atoms with Gasteiger partial charge in [-0.1, -0.05) is 78.4 Å². The van der Waals surface area contributed by atoms with Gasteiger partial charge in [0.2, 0.25) is 5.91 Å². The summed E-state index contributed by atoms with van der Waals surface area (Å²) >= 11 is 0. The van der Waals surface area contributed by atoms with Crippen LogP contribution in [0.4, 0.5) is 5.69 Å². The van der Waals surface area contributed by atoms with Gasteiger partial charge in [0.1, 0.15) is 6.04 Å². The number of carbonyl (C=O) groups excluding carboxylic acids is 2. The van der Waals surface area contributed by atoms with E-state index < -0.39 is 12.1 Å². The Labute approximate surface area is 208 Å². The Morgan fingerprint density at radius 2 is 1.71 bits per heavy atom. The predicted molar refractivity (Wildman–Crippen MR) is 139 cm³/mol. The van der Waals surface area contributed by atoms with Crippen LogP contribution in [-0.4, -0.2) is 30.6 Å². The first-order valence-corrected chi connectivity index (χ1v) is 12.5. The van der Waals surface area contributed by atoms with E-state index in [-0.39, 0.29) is 11.9 Å². The molecule has 5 nitrogen and oxygen atoms in total. The maximum atomic E-state index is 13.9. The summed E-state index contributed by atoms with van der Waals surface area (Å²) in [6.45, 7) is 4.67. The van der Waals surface area contributed by atoms with Gasteiger partial charge >= 0.3 is 5.97 Å². The second kappa shape index (κ2) is 11.8. The van der Waals surface area contributed by atoms with Gasteiger partial charge in [-0.15, -0.1) is 0 Å². The first-order valence-electron chi connectivity index (χ1n) is 12.5. The molecule has 5 heteroatoms.